The minimum Gasteiger partial charge on any atom is -0.492 e. The lowest BCUT2D eigenvalue weighted by Crippen LogP contribution is -2.32. The summed E-state index contributed by atoms with van der Waals surface area (Å²) in [4.78, 5) is 14.1. The van der Waals surface area contributed by atoms with E-state index < -0.39 is 10.0 Å². The normalized spacial score (nSPS) is 14.2. The van der Waals surface area contributed by atoms with E-state index in [2.05, 4.69) is 0 Å². The molecule has 3 aromatic carbocycles. The van der Waals surface area contributed by atoms with Crippen molar-refractivity contribution >= 4 is 33.2 Å². The van der Waals surface area contributed by atoms with Crippen molar-refractivity contribution in [1.82, 2.24) is 4.31 Å². The molecule has 6 nitrogen and oxygen atoms in total. The first-order valence-electron chi connectivity index (χ1n) is 10.6. The van der Waals surface area contributed by atoms with E-state index in [0.717, 1.165) is 22.4 Å². The summed E-state index contributed by atoms with van der Waals surface area (Å²) in [6, 6.07) is 19.8. The van der Waals surface area contributed by atoms with Crippen LogP contribution >= 0.6 is 11.6 Å². The predicted octanol–water partition coefficient (Wildman–Crippen LogP) is 4.78. The highest BCUT2D eigenvalue weighted by molar-refractivity contribution is 7.89. The molecule has 0 spiro atoms. The second kappa shape index (κ2) is 9.55. The van der Waals surface area contributed by atoms with Crippen molar-refractivity contribution in [3.8, 4) is 5.75 Å². The van der Waals surface area contributed by atoms with E-state index >= 15 is 0 Å². The van der Waals surface area contributed by atoms with Crippen molar-refractivity contribution in [2.75, 3.05) is 18.1 Å². The number of benzene rings is 3. The lowest BCUT2D eigenvalue weighted by Gasteiger charge is -2.23. The fourth-order valence-corrected chi connectivity index (χ4v) is 5.71. The molecule has 0 unspecified atom stereocenters. The maximum atomic E-state index is 13.3. The Labute approximate surface area is 199 Å². The highest BCUT2D eigenvalue weighted by Crippen LogP contribution is 2.31. The number of carbonyl (C=O) groups excluding carboxylic acids is 1. The third-order valence-corrected chi connectivity index (χ3v) is 7.94. The summed E-state index contributed by atoms with van der Waals surface area (Å²) in [6.45, 7) is 4.49. The molecule has 8 heteroatoms. The van der Waals surface area contributed by atoms with Gasteiger partial charge in [0.15, 0.2) is 0 Å². The lowest BCUT2D eigenvalue weighted by molar-refractivity contribution is -0.116. The molecule has 1 amide bonds. The van der Waals surface area contributed by atoms with Gasteiger partial charge in [0.05, 0.1) is 11.6 Å². The average molecular weight is 485 g/mol. The summed E-state index contributed by atoms with van der Waals surface area (Å²) in [5.41, 5.74) is 3.55. The number of hydrogen-bond acceptors (Lipinski definition) is 4. The molecule has 0 aliphatic carbocycles. The number of anilines is 1. The van der Waals surface area contributed by atoms with Crippen molar-refractivity contribution in [1.29, 1.82) is 0 Å². The monoisotopic (exact) mass is 484 g/mol. The second-order valence-corrected chi connectivity index (χ2v) is 10.3. The Morgan fingerprint density at radius 2 is 1.82 bits per heavy atom. The Bertz CT molecular complexity index is 1280. The van der Waals surface area contributed by atoms with Crippen LogP contribution in [0.25, 0.3) is 0 Å². The van der Waals surface area contributed by atoms with Crippen LogP contribution in [-0.2, 0) is 27.9 Å². The van der Waals surface area contributed by atoms with Gasteiger partial charge in [-0.1, -0.05) is 47.5 Å². The second-order valence-electron chi connectivity index (χ2n) is 8.00. The van der Waals surface area contributed by atoms with E-state index in [4.69, 9.17) is 16.3 Å². The number of amides is 1. The minimum atomic E-state index is -3.80. The van der Waals surface area contributed by atoms with E-state index in [1.54, 1.807) is 23.1 Å². The van der Waals surface area contributed by atoms with Crippen LogP contribution in [0, 0.1) is 6.92 Å². The van der Waals surface area contributed by atoms with Crippen LogP contribution < -0.4 is 9.64 Å². The highest BCUT2D eigenvalue weighted by atomic mass is 35.5. The van der Waals surface area contributed by atoms with Crippen molar-refractivity contribution in [2.24, 2.45) is 0 Å². The van der Waals surface area contributed by atoms with Gasteiger partial charge in [0.2, 0.25) is 15.9 Å². The molecule has 1 heterocycles. The number of nitrogens with zero attached hydrogens (tertiary/aromatic N) is 2. The van der Waals surface area contributed by atoms with Crippen LogP contribution in [0.3, 0.4) is 0 Å². The summed E-state index contributed by atoms with van der Waals surface area (Å²) in [6.07, 6.45) is 0. The van der Waals surface area contributed by atoms with Gasteiger partial charge in [0.25, 0.3) is 0 Å². The molecule has 1 aliphatic rings. The molecule has 0 bridgehead atoms. The molecular weight excluding hydrogens is 460 g/mol. The standard InChI is InChI=1S/C25H25ClN2O4S/c1-18-7-10-22(11-8-18)28(19(2)29)16-20-9-12-24-21(15-20)17-27(13-14-32-24)33(30,31)25-6-4-3-5-23(25)26/h3-12,15H,13-14,16-17H2,1-2H3. The van der Waals surface area contributed by atoms with E-state index in [1.807, 2.05) is 49.4 Å². The van der Waals surface area contributed by atoms with E-state index in [0.29, 0.717) is 12.3 Å². The van der Waals surface area contributed by atoms with Gasteiger partial charge in [0.1, 0.15) is 17.3 Å². The smallest absolute Gasteiger partial charge is 0.244 e. The zero-order valence-electron chi connectivity index (χ0n) is 18.5. The molecule has 0 radical (unpaired) electrons. The van der Waals surface area contributed by atoms with Gasteiger partial charge in [0, 0.05) is 31.3 Å². The van der Waals surface area contributed by atoms with Gasteiger partial charge in [-0.3, -0.25) is 4.79 Å². The number of rotatable bonds is 5. The van der Waals surface area contributed by atoms with Crippen molar-refractivity contribution < 1.29 is 17.9 Å². The molecule has 0 atom stereocenters. The first kappa shape index (κ1) is 23.3. The molecule has 172 valence electrons. The Balaban J connectivity index is 1.62. The average Bonchev–Trinajstić information content (AvgIpc) is 3.01. The number of aryl methyl sites for hydroxylation is 1. The zero-order valence-corrected chi connectivity index (χ0v) is 20.1. The molecule has 0 saturated heterocycles. The lowest BCUT2D eigenvalue weighted by atomic mass is 10.1. The third kappa shape index (κ3) is 5.05. The van der Waals surface area contributed by atoms with Crippen molar-refractivity contribution in [3.05, 3.63) is 88.4 Å². The van der Waals surface area contributed by atoms with Gasteiger partial charge in [-0.2, -0.15) is 4.31 Å². The van der Waals surface area contributed by atoms with E-state index in [-0.39, 0.29) is 35.5 Å². The fourth-order valence-electron chi connectivity index (χ4n) is 3.81. The van der Waals surface area contributed by atoms with Crippen LogP contribution in [-0.4, -0.2) is 31.8 Å². The van der Waals surface area contributed by atoms with Gasteiger partial charge < -0.3 is 9.64 Å². The Morgan fingerprint density at radius 3 is 2.52 bits per heavy atom. The molecule has 1 aliphatic heterocycles. The van der Waals surface area contributed by atoms with Gasteiger partial charge >= 0.3 is 0 Å². The number of sulfonamides is 1. The first-order chi connectivity index (χ1) is 15.8. The van der Waals surface area contributed by atoms with Crippen LogP contribution in [0.15, 0.2) is 71.6 Å². The predicted molar refractivity (Wildman–Crippen MR) is 129 cm³/mol. The Kier molecular flexibility index (Phi) is 6.74. The van der Waals surface area contributed by atoms with Crippen molar-refractivity contribution in [2.45, 2.75) is 31.8 Å². The van der Waals surface area contributed by atoms with Crippen LogP contribution in [0.5, 0.6) is 5.75 Å². The summed E-state index contributed by atoms with van der Waals surface area (Å²) in [5.74, 6) is 0.563. The summed E-state index contributed by atoms with van der Waals surface area (Å²) >= 11 is 6.17. The largest absolute Gasteiger partial charge is 0.492 e. The topological polar surface area (TPSA) is 66.9 Å². The number of ether oxygens (including phenoxy) is 1. The van der Waals surface area contributed by atoms with Gasteiger partial charge in [-0.15, -0.1) is 0 Å². The Morgan fingerprint density at radius 1 is 1.09 bits per heavy atom. The third-order valence-electron chi connectivity index (χ3n) is 5.59. The summed E-state index contributed by atoms with van der Waals surface area (Å²) in [7, 11) is -3.80. The molecule has 4 rings (SSSR count). The quantitative estimate of drug-likeness (QED) is 0.522. The molecular formula is C25H25ClN2O4S. The highest BCUT2D eigenvalue weighted by Gasteiger charge is 2.29. The molecule has 0 aromatic heterocycles. The summed E-state index contributed by atoms with van der Waals surface area (Å²) < 4.78 is 33.7. The molecule has 0 saturated carbocycles. The maximum absolute atomic E-state index is 13.3. The van der Waals surface area contributed by atoms with Crippen molar-refractivity contribution in [3.63, 3.8) is 0 Å². The van der Waals surface area contributed by atoms with E-state index in [1.165, 1.54) is 17.3 Å². The first-order valence-corrected chi connectivity index (χ1v) is 12.4. The number of halogens is 1. The number of carbonyl (C=O) groups is 1. The fraction of sp³-hybridized carbons (Fsp3) is 0.240. The van der Waals surface area contributed by atoms with Gasteiger partial charge in [-0.25, -0.2) is 8.42 Å². The number of hydrogen-bond donors (Lipinski definition) is 0. The molecule has 33 heavy (non-hydrogen) atoms. The molecule has 0 fully saturated rings. The Hall–Kier alpha value is -2.87. The van der Waals surface area contributed by atoms with Crippen LogP contribution in [0.4, 0.5) is 5.69 Å². The van der Waals surface area contributed by atoms with E-state index in [9.17, 15) is 13.2 Å². The molecule has 3 aromatic rings. The van der Waals surface area contributed by atoms with Crippen LogP contribution in [0.1, 0.15) is 23.6 Å². The summed E-state index contributed by atoms with van der Waals surface area (Å²) in [5, 5.41) is 0.187. The maximum Gasteiger partial charge on any atom is 0.244 e. The minimum absolute atomic E-state index is 0.0760. The van der Waals surface area contributed by atoms with Crippen LogP contribution in [0.2, 0.25) is 5.02 Å². The number of fused-ring (bicyclic) bond motifs is 1. The molecule has 0 N–H and O–H groups in total. The zero-order chi connectivity index (χ0) is 23.6. The van der Waals surface area contributed by atoms with Gasteiger partial charge in [-0.05, 0) is 48.9 Å². The SMILES string of the molecule is CC(=O)N(Cc1ccc2c(c1)CN(S(=O)(=O)c1ccccc1Cl)CCO2)c1ccc(C)cc1.